The second-order valence-electron chi connectivity index (χ2n) is 6.10. The first kappa shape index (κ1) is 14.5. The number of carbonyl (C=O) groups excluding carboxylic acids is 1. The zero-order chi connectivity index (χ0) is 15.8. The van der Waals surface area contributed by atoms with Gasteiger partial charge in [-0.2, -0.15) is 5.10 Å². The molecule has 118 valence electrons. The molecule has 2 aromatic heterocycles. The van der Waals surface area contributed by atoms with E-state index in [1.165, 1.54) is 4.70 Å². The third-order valence-electron chi connectivity index (χ3n) is 4.54. The fourth-order valence-corrected chi connectivity index (χ4v) is 4.13. The summed E-state index contributed by atoms with van der Waals surface area (Å²) in [6.07, 6.45) is 5.15. The predicted octanol–water partition coefficient (Wildman–Crippen LogP) is 4.00. The monoisotopic (exact) mass is 325 g/mol. The van der Waals surface area contributed by atoms with Crippen LogP contribution in [0.25, 0.3) is 10.1 Å². The smallest absolute Gasteiger partial charge is 0.254 e. The predicted molar refractivity (Wildman–Crippen MR) is 92.7 cm³/mol. The van der Waals surface area contributed by atoms with Gasteiger partial charge in [-0.05, 0) is 60.4 Å². The van der Waals surface area contributed by atoms with Gasteiger partial charge in [-0.15, -0.1) is 11.3 Å². The van der Waals surface area contributed by atoms with Crippen LogP contribution in [0.3, 0.4) is 0 Å². The first-order valence-corrected chi connectivity index (χ1v) is 8.88. The Hall–Kier alpha value is -2.14. The highest BCUT2D eigenvalue weighted by Gasteiger charge is 2.30. The number of rotatable bonds is 2. The minimum Gasteiger partial charge on any atom is -0.330 e. The minimum atomic E-state index is 0.0932. The topological polar surface area (TPSA) is 38.1 Å². The molecule has 1 aromatic carbocycles. The molecule has 4 nitrogen and oxygen atoms in total. The minimum absolute atomic E-state index is 0.0932. The Morgan fingerprint density at radius 2 is 2.17 bits per heavy atom. The summed E-state index contributed by atoms with van der Waals surface area (Å²) < 4.78 is 3.03. The lowest BCUT2D eigenvalue weighted by atomic mass is 9.98. The van der Waals surface area contributed by atoms with E-state index < -0.39 is 0 Å². The van der Waals surface area contributed by atoms with E-state index in [1.807, 2.05) is 47.1 Å². The number of hydrogen-bond acceptors (Lipinski definition) is 3. The summed E-state index contributed by atoms with van der Waals surface area (Å²) in [6, 6.07) is 10.2. The van der Waals surface area contributed by atoms with Crippen molar-refractivity contribution in [1.29, 1.82) is 0 Å². The lowest BCUT2D eigenvalue weighted by Crippen LogP contribution is -2.38. The summed E-state index contributed by atoms with van der Waals surface area (Å²) in [5.41, 5.74) is 1.77. The van der Waals surface area contributed by atoms with Gasteiger partial charge in [0.1, 0.15) is 0 Å². The molecule has 1 saturated heterocycles. The normalized spacial score (nSPS) is 18.5. The number of amides is 1. The van der Waals surface area contributed by atoms with Crippen LogP contribution in [0.15, 0.2) is 41.9 Å². The highest BCUT2D eigenvalue weighted by Crippen LogP contribution is 2.32. The molecule has 0 N–H and O–H groups in total. The Labute approximate surface area is 139 Å². The molecule has 3 aromatic rings. The third-order valence-corrected chi connectivity index (χ3v) is 5.44. The van der Waals surface area contributed by atoms with E-state index in [-0.39, 0.29) is 11.9 Å². The van der Waals surface area contributed by atoms with Gasteiger partial charge in [-0.3, -0.25) is 9.48 Å². The van der Waals surface area contributed by atoms with Gasteiger partial charge >= 0.3 is 0 Å². The van der Waals surface area contributed by atoms with Gasteiger partial charge in [0.25, 0.3) is 5.91 Å². The van der Waals surface area contributed by atoms with Crippen LogP contribution in [-0.4, -0.2) is 27.1 Å². The first-order valence-electron chi connectivity index (χ1n) is 8.00. The molecule has 1 amide bonds. The van der Waals surface area contributed by atoms with Gasteiger partial charge in [0.15, 0.2) is 0 Å². The number of aryl methyl sites for hydroxylation is 1. The van der Waals surface area contributed by atoms with E-state index >= 15 is 0 Å². The largest absolute Gasteiger partial charge is 0.330 e. The summed E-state index contributed by atoms with van der Waals surface area (Å²) in [5.74, 6) is 0.119. The molecular formula is C18H19N3OS. The van der Waals surface area contributed by atoms with E-state index in [9.17, 15) is 4.79 Å². The SMILES string of the molecule is Cn1ccc(C2CCCCN2C(=O)c2ccc3sccc3c2)n1. The zero-order valence-corrected chi connectivity index (χ0v) is 13.9. The maximum absolute atomic E-state index is 13.1. The Morgan fingerprint density at radius 3 is 3.00 bits per heavy atom. The van der Waals surface area contributed by atoms with Gasteiger partial charge in [-0.25, -0.2) is 0 Å². The van der Waals surface area contributed by atoms with Crippen LogP contribution >= 0.6 is 11.3 Å². The van der Waals surface area contributed by atoms with Crippen molar-refractivity contribution in [3.05, 3.63) is 53.2 Å². The Bertz CT molecular complexity index is 851. The third kappa shape index (κ3) is 2.65. The number of fused-ring (bicyclic) bond motifs is 1. The van der Waals surface area contributed by atoms with Crippen LogP contribution in [0.1, 0.15) is 41.4 Å². The van der Waals surface area contributed by atoms with Crippen LogP contribution in [-0.2, 0) is 7.05 Å². The molecule has 0 aliphatic carbocycles. The molecule has 3 heterocycles. The molecule has 0 saturated carbocycles. The average molecular weight is 325 g/mol. The Kier molecular flexibility index (Phi) is 3.65. The molecule has 1 aliphatic heterocycles. The number of likely N-dealkylation sites (tertiary alicyclic amines) is 1. The van der Waals surface area contributed by atoms with Crippen molar-refractivity contribution >= 4 is 27.3 Å². The van der Waals surface area contributed by atoms with Crippen LogP contribution < -0.4 is 0 Å². The molecule has 1 aliphatic rings. The second kappa shape index (κ2) is 5.81. The van der Waals surface area contributed by atoms with Crippen LogP contribution in [0.5, 0.6) is 0 Å². The highest BCUT2D eigenvalue weighted by atomic mass is 32.1. The Balaban J connectivity index is 1.66. The number of hydrogen-bond donors (Lipinski definition) is 0. The van der Waals surface area contributed by atoms with Gasteiger partial charge in [-0.1, -0.05) is 0 Å². The Morgan fingerprint density at radius 1 is 1.26 bits per heavy atom. The molecule has 23 heavy (non-hydrogen) atoms. The lowest BCUT2D eigenvalue weighted by molar-refractivity contribution is 0.0605. The molecule has 0 bridgehead atoms. The van der Waals surface area contributed by atoms with E-state index in [1.54, 1.807) is 11.3 Å². The van der Waals surface area contributed by atoms with Gasteiger partial charge in [0.05, 0.1) is 11.7 Å². The van der Waals surface area contributed by atoms with Crippen molar-refractivity contribution in [3.63, 3.8) is 0 Å². The molecule has 4 rings (SSSR count). The van der Waals surface area contributed by atoms with E-state index in [0.29, 0.717) is 0 Å². The molecule has 1 unspecified atom stereocenters. The molecular weight excluding hydrogens is 306 g/mol. The summed E-state index contributed by atoms with van der Waals surface area (Å²) in [5, 5.41) is 7.74. The van der Waals surface area contributed by atoms with Crippen molar-refractivity contribution in [1.82, 2.24) is 14.7 Å². The highest BCUT2D eigenvalue weighted by molar-refractivity contribution is 7.17. The van der Waals surface area contributed by atoms with Gasteiger partial charge < -0.3 is 4.90 Å². The fraction of sp³-hybridized carbons (Fsp3) is 0.333. The number of aromatic nitrogens is 2. The summed E-state index contributed by atoms with van der Waals surface area (Å²) in [7, 11) is 1.92. The summed E-state index contributed by atoms with van der Waals surface area (Å²) in [4.78, 5) is 15.0. The molecule has 0 spiro atoms. The van der Waals surface area contributed by atoms with Crippen LogP contribution in [0, 0.1) is 0 Å². The fourth-order valence-electron chi connectivity index (χ4n) is 3.36. The summed E-state index contributed by atoms with van der Waals surface area (Å²) in [6.45, 7) is 0.807. The van der Waals surface area contributed by atoms with Gasteiger partial charge in [0.2, 0.25) is 0 Å². The maximum atomic E-state index is 13.1. The van der Waals surface area contributed by atoms with E-state index in [0.717, 1.165) is 42.5 Å². The van der Waals surface area contributed by atoms with Crippen molar-refractivity contribution in [2.24, 2.45) is 7.05 Å². The van der Waals surface area contributed by atoms with Crippen molar-refractivity contribution in [2.75, 3.05) is 6.54 Å². The lowest BCUT2D eigenvalue weighted by Gasteiger charge is -2.35. The van der Waals surface area contributed by atoms with Crippen molar-refractivity contribution in [3.8, 4) is 0 Å². The number of nitrogens with zero attached hydrogens (tertiary/aromatic N) is 3. The van der Waals surface area contributed by atoms with Crippen LogP contribution in [0.4, 0.5) is 0 Å². The number of carbonyl (C=O) groups is 1. The van der Waals surface area contributed by atoms with E-state index in [2.05, 4.69) is 16.5 Å². The quantitative estimate of drug-likeness (QED) is 0.714. The van der Waals surface area contributed by atoms with Crippen molar-refractivity contribution < 1.29 is 4.79 Å². The van der Waals surface area contributed by atoms with Crippen LogP contribution in [0.2, 0.25) is 0 Å². The van der Waals surface area contributed by atoms with Gasteiger partial charge in [0, 0.05) is 30.1 Å². The second-order valence-corrected chi connectivity index (χ2v) is 7.05. The number of piperidine rings is 1. The maximum Gasteiger partial charge on any atom is 0.254 e. The number of thiophene rings is 1. The zero-order valence-electron chi connectivity index (χ0n) is 13.1. The average Bonchev–Trinajstić information content (AvgIpc) is 3.22. The number of benzene rings is 1. The van der Waals surface area contributed by atoms with E-state index in [4.69, 9.17) is 0 Å². The molecule has 1 atom stereocenters. The molecule has 0 radical (unpaired) electrons. The van der Waals surface area contributed by atoms with Crippen molar-refractivity contribution in [2.45, 2.75) is 25.3 Å². The molecule has 5 heteroatoms. The summed E-state index contributed by atoms with van der Waals surface area (Å²) >= 11 is 1.71. The molecule has 1 fully saturated rings. The standard InChI is InChI=1S/C18H19N3OS/c1-20-10-7-15(19-20)16-4-2-3-9-21(16)18(22)14-5-6-17-13(12-14)8-11-23-17/h5-8,10-12,16H,2-4,9H2,1H3. The first-order chi connectivity index (χ1) is 11.2.